The van der Waals surface area contributed by atoms with Crippen molar-refractivity contribution in [1.82, 2.24) is 5.32 Å². The van der Waals surface area contributed by atoms with Gasteiger partial charge in [-0.1, -0.05) is 0 Å². The first-order valence-corrected chi connectivity index (χ1v) is 5.61. The zero-order valence-corrected chi connectivity index (χ0v) is 10.4. The molecule has 3 N–H and O–H groups in total. The molecule has 1 amide bonds. The number of methoxy groups -OCH3 is 1. The van der Waals surface area contributed by atoms with Crippen molar-refractivity contribution in [2.45, 2.75) is 19.0 Å². The number of carbonyl (C=O) groups excluding carboxylic acids is 1. The highest BCUT2D eigenvalue weighted by molar-refractivity contribution is 5.95. The molecule has 0 radical (unpaired) electrons. The van der Waals surface area contributed by atoms with Crippen LogP contribution in [0, 0.1) is 0 Å². The average Bonchev–Trinajstić information content (AvgIpc) is 2.32. The minimum Gasteiger partial charge on any atom is -0.497 e. The van der Waals surface area contributed by atoms with Crippen molar-refractivity contribution in [2.75, 3.05) is 19.4 Å². The van der Waals surface area contributed by atoms with Crippen molar-refractivity contribution >= 4 is 11.6 Å². The number of nitrogen functional groups attached to an aromatic ring is 1. The second-order valence-corrected chi connectivity index (χ2v) is 3.97. The molecule has 0 aliphatic heterocycles. The summed E-state index contributed by atoms with van der Waals surface area (Å²) in [4.78, 5) is 11.7. The number of alkyl halides is 3. The summed E-state index contributed by atoms with van der Waals surface area (Å²) in [5.74, 6) is -0.0618. The van der Waals surface area contributed by atoms with Crippen LogP contribution in [0.25, 0.3) is 0 Å². The molecule has 7 heteroatoms. The van der Waals surface area contributed by atoms with Crippen molar-refractivity contribution in [3.05, 3.63) is 23.8 Å². The van der Waals surface area contributed by atoms with Crippen LogP contribution in [0.1, 0.15) is 23.2 Å². The molecule has 0 heterocycles. The first-order valence-electron chi connectivity index (χ1n) is 5.61. The molecular formula is C12H15F3N2O2. The van der Waals surface area contributed by atoms with E-state index in [9.17, 15) is 18.0 Å². The SMILES string of the molecule is COc1cc(N)cc(C(=O)NCCCC(F)(F)F)c1. The van der Waals surface area contributed by atoms with Gasteiger partial charge in [0.15, 0.2) is 0 Å². The monoisotopic (exact) mass is 276 g/mol. The van der Waals surface area contributed by atoms with E-state index in [4.69, 9.17) is 10.5 Å². The molecule has 0 fully saturated rings. The van der Waals surface area contributed by atoms with Crippen molar-refractivity contribution in [2.24, 2.45) is 0 Å². The Bertz CT molecular complexity index is 447. The molecule has 0 unspecified atom stereocenters. The Kier molecular flexibility index (Phi) is 5.02. The second kappa shape index (κ2) is 6.31. The maximum Gasteiger partial charge on any atom is 0.389 e. The van der Waals surface area contributed by atoms with E-state index in [-0.39, 0.29) is 18.5 Å². The summed E-state index contributed by atoms with van der Waals surface area (Å²) in [7, 11) is 1.43. The van der Waals surface area contributed by atoms with Gasteiger partial charge in [-0.05, 0) is 18.6 Å². The normalized spacial score (nSPS) is 11.2. The Morgan fingerprint density at radius 3 is 2.63 bits per heavy atom. The van der Waals surface area contributed by atoms with E-state index in [1.54, 1.807) is 6.07 Å². The number of hydrogen-bond donors (Lipinski definition) is 2. The molecule has 1 aromatic carbocycles. The molecule has 0 atom stereocenters. The first-order chi connectivity index (χ1) is 8.81. The van der Waals surface area contributed by atoms with Crippen LogP contribution in [-0.4, -0.2) is 25.7 Å². The number of anilines is 1. The van der Waals surface area contributed by atoms with Crippen LogP contribution in [-0.2, 0) is 0 Å². The summed E-state index contributed by atoms with van der Waals surface area (Å²) in [6.07, 6.45) is -5.28. The molecule has 0 aliphatic carbocycles. The third-order valence-corrected chi connectivity index (χ3v) is 2.35. The van der Waals surface area contributed by atoms with E-state index in [0.717, 1.165) is 0 Å². The van der Waals surface area contributed by atoms with Gasteiger partial charge >= 0.3 is 6.18 Å². The van der Waals surface area contributed by atoms with Gasteiger partial charge < -0.3 is 15.8 Å². The zero-order chi connectivity index (χ0) is 14.5. The van der Waals surface area contributed by atoms with E-state index in [0.29, 0.717) is 11.4 Å². The topological polar surface area (TPSA) is 64.3 Å². The average molecular weight is 276 g/mol. The minimum atomic E-state index is -4.20. The smallest absolute Gasteiger partial charge is 0.389 e. The van der Waals surface area contributed by atoms with Crippen LogP contribution in [0.3, 0.4) is 0 Å². The third kappa shape index (κ3) is 5.50. The number of ether oxygens (including phenoxy) is 1. The molecule has 4 nitrogen and oxygen atoms in total. The zero-order valence-electron chi connectivity index (χ0n) is 10.4. The fourth-order valence-electron chi connectivity index (χ4n) is 1.46. The van der Waals surface area contributed by atoms with E-state index in [1.165, 1.54) is 19.2 Å². The third-order valence-electron chi connectivity index (χ3n) is 2.35. The summed E-state index contributed by atoms with van der Waals surface area (Å²) in [5.41, 5.74) is 6.18. The summed E-state index contributed by atoms with van der Waals surface area (Å²) >= 11 is 0. The number of carbonyl (C=O) groups is 1. The molecule has 0 bridgehead atoms. The molecule has 0 saturated heterocycles. The number of benzene rings is 1. The van der Waals surface area contributed by atoms with Crippen LogP contribution in [0.5, 0.6) is 5.75 Å². The predicted molar refractivity (Wildman–Crippen MR) is 65.0 cm³/mol. The second-order valence-electron chi connectivity index (χ2n) is 3.97. The Hall–Kier alpha value is -1.92. The fraction of sp³-hybridized carbons (Fsp3) is 0.417. The first kappa shape index (κ1) is 15.1. The van der Waals surface area contributed by atoms with Gasteiger partial charge in [0.1, 0.15) is 5.75 Å². The van der Waals surface area contributed by atoms with E-state index < -0.39 is 18.5 Å². The van der Waals surface area contributed by atoms with E-state index in [2.05, 4.69) is 5.32 Å². The quantitative estimate of drug-likeness (QED) is 0.641. The number of hydrogen-bond acceptors (Lipinski definition) is 3. The Balaban J connectivity index is 2.52. The van der Waals surface area contributed by atoms with Crippen molar-refractivity contribution in [3.63, 3.8) is 0 Å². The Morgan fingerprint density at radius 1 is 1.37 bits per heavy atom. The van der Waals surface area contributed by atoms with Crippen LogP contribution in [0.15, 0.2) is 18.2 Å². The largest absolute Gasteiger partial charge is 0.497 e. The van der Waals surface area contributed by atoms with Crippen molar-refractivity contribution in [1.29, 1.82) is 0 Å². The van der Waals surface area contributed by atoms with Gasteiger partial charge in [0.25, 0.3) is 5.91 Å². The van der Waals surface area contributed by atoms with Gasteiger partial charge in [-0.3, -0.25) is 4.79 Å². The van der Waals surface area contributed by atoms with Gasteiger partial charge in [-0.15, -0.1) is 0 Å². The molecule has 1 rings (SSSR count). The van der Waals surface area contributed by atoms with Crippen LogP contribution < -0.4 is 15.8 Å². The lowest BCUT2D eigenvalue weighted by atomic mass is 10.1. The van der Waals surface area contributed by atoms with Crippen LogP contribution in [0.4, 0.5) is 18.9 Å². The summed E-state index contributed by atoms with van der Waals surface area (Å²) < 4.78 is 40.7. The standard InChI is InChI=1S/C12H15F3N2O2/c1-19-10-6-8(5-9(16)7-10)11(18)17-4-2-3-12(13,14)15/h5-7H,2-4,16H2,1H3,(H,17,18). The summed E-state index contributed by atoms with van der Waals surface area (Å²) in [6.45, 7) is -0.0462. The highest BCUT2D eigenvalue weighted by Crippen LogP contribution is 2.21. The number of halogens is 3. The molecule has 0 saturated carbocycles. The maximum absolute atomic E-state index is 11.9. The van der Waals surface area contributed by atoms with Gasteiger partial charge in [0, 0.05) is 30.3 Å². The summed E-state index contributed by atoms with van der Waals surface area (Å²) in [6, 6.07) is 4.44. The lowest BCUT2D eigenvalue weighted by Gasteiger charge is -2.09. The molecule has 106 valence electrons. The number of nitrogens with one attached hydrogen (secondary N) is 1. The van der Waals surface area contributed by atoms with Gasteiger partial charge in [0.2, 0.25) is 0 Å². The molecule has 19 heavy (non-hydrogen) atoms. The van der Waals surface area contributed by atoms with E-state index >= 15 is 0 Å². The highest BCUT2D eigenvalue weighted by Gasteiger charge is 2.26. The Labute approximate surface area is 108 Å². The predicted octanol–water partition coefficient (Wildman–Crippen LogP) is 2.35. The minimum absolute atomic E-state index is 0.0462. The van der Waals surface area contributed by atoms with Crippen LogP contribution in [0.2, 0.25) is 0 Å². The number of amides is 1. The van der Waals surface area contributed by atoms with Gasteiger partial charge in [-0.2, -0.15) is 13.2 Å². The highest BCUT2D eigenvalue weighted by atomic mass is 19.4. The van der Waals surface area contributed by atoms with Crippen molar-refractivity contribution in [3.8, 4) is 5.75 Å². The van der Waals surface area contributed by atoms with E-state index in [1.807, 2.05) is 0 Å². The lowest BCUT2D eigenvalue weighted by Crippen LogP contribution is -2.25. The maximum atomic E-state index is 11.9. The van der Waals surface area contributed by atoms with Crippen LogP contribution >= 0.6 is 0 Å². The van der Waals surface area contributed by atoms with Gasteiger partial charge in [0.05, 0.1) is 7.11 Å². The summed E-state index contributed by atoms with van der Waals surface area (Å²) in [5, 5.41) is 2.40. The number of nitrogens with two attached hydrogens (primary N) is 1. The number of rotatable bonds is 5. The molecular weight excluding hydrogens is 261 g/mol. The molecule has 0 aromatic heterocycles. The fourth-order valence-corrected chi connectivity index (χ4v) is 1.46. The van der Waals surface area contributed by atoms with Gasteiger partial charge in [-0.25, -0.2) is 0 Å². The Morgan fingerprint density at radius 2 is 2.05 bits per heavy atom. The molecule has 0 aliphatic rings. The van der Waals surface area contributed by atoms with Crippen molar-refractivity contribution < 1.29 is 22.7 Å². The molecule has 0 spiro atoms. The molecule has 1 aromatic rings. The lowest BCUT2D eigenvalue weighted by molar-refractivity contribution is -0.135.